The van der Waals surface area contributed by atoms with Gasteiger partial charge >= 0.3 is 17.4 Å². The summed E-state index contributed by atoms with van der Waals surface area (Å²) in [4.78, 5) is 20.9. The molecule has 0 spiro atoms. The first-order chi connectivity index (χ1) is 14.7. The van der Waals surface area contributed by atoms with Gasteiger partial charge in [0.25, 0.3) is 30.7 Å². The van der Waals surface area contributed by atoms with Crippen LogP contribution < -0.4 is 0 Å². The monoisotopic (exact) mass is 517 g/mol. The maximum absolute atomic E-state index is 13.8. The van der Waals surface area contributed by atoms with Gasteiger partial charge in [-0.25, -0.2) is 17.8 Å². The van der Waals surface area contributed by atoms with Crippen LogP contribution in [0.2, 0.25) is 5.54 Å². The number of alkyl halides is 3. The molecule has 2 fully saturated rings. The first-order valence-electron chi connectivity index (χ1n) is 10.2. The number of hydrogen-bond donors (Lipinski definition) is 1. The zero-order valence-electron chi connectivity index (χ0n) is 19.0. The quantitative estimate of drug-likeness (QED) is 0.407. The molecule has 15 heteroatoms. The number of ether oxygens (including phenoxy) is 3. The summed E-state index contributed by atoms with van der Waals surface area (Å²) in [6.45, 7) is 8.95. The molecule has 4 rings (SSSR count). The van der Waals surface area contributed by atoms with Crippen molar-refractivity contribution in [3.05, 3.63) is 0 Å². The van der Waals surface area contributed by atoms with Gasteiger partial charge in [-0.15, -0.1) is 0 Å². The summed E-state index contributed by atoms with van der Waals surface area (Å²) in [7, 11) is -7.71. The Hall–Kier alpha value is -1.39. The second kappa shape index (κ2) is 7.81. The highest BCUT2D eigenvalue weighted by Gasteiger charge is 2.76. The van der Waals surface area contributed by atoms with Crippen molar-refractivity contribution in [2.24, 2.45) is 0 Å². The predicted octanol–water partition coefficient (Wildman–Crippen LogP) is 0.265. The summed E-state index contributed by atoms with van der Waals surface area (Å²) in [5, 5.41) is 11.4. The van der Waals surface area contributed by atoms with Crippen LogP contribution in [0, 0.1) is 0 Å². The molecule has 4 heterocycles. The summed E-state index contributed by atoms with van der Waals surface area (Å²) in [6.07, 6.45) is -4.83. The molecule has 3 amide bonds. The molecular weight excluding hydrogens is 489 g/mol. The number of amides is 3. The van der Waals surface area contributed by atoms with Crippen molar-refractivity contribution < 1.29 is 55.1 Å². The van der Waals surface area contributed by atoms with E-state index >= 15 is 0 Å². The minimum absolute atomic E-state index is 0.431. The van der Waals surface area contributed by atoms with Crippen LogP contribution in [0.25, 0.3) is 0 Å². The molecule has 0 radical (unpaired) electrons. The Morgan fingerprint density at radius 1 is 1.18 bits per heavy atom. The van der Waals surface area contributed by atoms with Crippen molar-refractivity contribution in [3.8, 4) is 0 Å². The van der Waals surface area contributed by atoms with Crippen molar-refractivity contribution in [1.82, 2.24) is 4.57 Å². The molecule has 0 aliphatic carbocycles. The first kappa shape index (κ1) is 26.2. The van der Waals surface area contributed by atoms with Gasteiger partial charge in [0.15, 0.2) is 0 Å². The lowest BCUT2D eigenvalue weighted by Gasteiger charge is -2.38. The second-order valence-electron chi connectivity index (χ2n) is 10.2. The number of rotatable bonds is 5. The van der Waals surface area contributed by atoms with Crippen LogP contribution in [0.4, 0.5) is 18.0 Å². The van der Waals surface area contributed by atoms with Gasteiger partial charge in [-0.3, -0.25) is 0 Å². The Bertz CT molecular complexity index is 988. The SMILES string of the molecule is CC(C)(C)OC[C@H]1OC([N+]2=CC3[SiH2]N(C3=O)C2=O)[C@](O)(S(=O)(=O)C(F)(F)F)[C@@H]1OC(C)(C)C. The Morgan fingerprint density at radius 2 is 1.76 bits per heavy atom. The van der Waals surface area contributed by atoms with Crippen LogP contribution in [0.5, 0.6) is 0 Å². The number of hydrogen-bond acceptors (Lipinski definition) is 8. The van der Waals surface area contributed by atoms with Gasteiger partial charge in [0.2, 0.25) is 0 Å². The van der Waals surface area contributed by atoms with E-state index in [4.69, 9.17) is 14.2 Å². The van der Waals surface area contributed by atoms with Crippen LogP contribution in [-0.4, -0.2) is 97.2 Å². The lowest BCUT2D eigenvalue weighted by Crippen LogP contribution is -2.69. The number of fused-ring (bicyclic) bond motifs is 1. The molecule has 33 heavy (non-hydrogen) atoms. The van der Waals surface area contributed by atoms with Gasteiger partial charge in [-0.1, -0.05) is 0 Å². The van der Waals surface area contributed by atoms with Crippen molar-refractivity contribution in [3.63, 3.8) is 0 Å². The lowest BCUT2D eigenvalue weighted by atomic mass is 10.1. The first-order valence-corrected chi connectivity index (χ1v) is 13.1. The predicted molar refractivity (Wildman–Crippen MR) is 110 cm³/mol. The van der Waals surface area contributed by atoms with Gasteiger partial charge < -0.3 is 19.3 Å². The Morgan fingerprint density at radius 3 is 2.18 bits per heavy atom. The van der Waals surface area contributed by atoms with Crippen molar-refractivity contribution >= 4 is 37.7 Å². The highest BCUT2D eigenvalue weighted by atomic mass is 32.2. The summed E-state index contributed by atoms with van der Waals surface area (Å²) < 4.78 is 85.0. The molecule has 4 aliphatic heterocycles. The zero-order chi connectivity index (χ0) is 25.4. The van der Waals surface area contributed by atoms with Crippen LogP contribution in [0.15, 0.2) is 0 Å². The van der Waals surface area contributed by atoms with Crippen molar-refractivity contribution in [2.45, 2.75) is 87.2 Å². The fourth-order valence-electron chi connectivity index (χ4n) is 3.79. The number of sulfone groups is 1. The fourth-order valence-corrected chi connectivity index (χ4v) is 6.57. The summed E-state index contributed by atoms with van der Waals surface area (Å²) in [5.74, 6) is -0.516. The van der Waals surface area contributed by atoms with E-state index in [1.54, 1.807) is 20.8 Å². The van der Waals surface area contributed by atoms with Crippen LogP contribution in [0.1, 0.15) is 41.5 Å². The average molecular weight is 518 g/mol. The van der Waals surface area contributed by atoms with Gasteiger partial charge in [-0.05, 0) is 41.5 Å². The van der Waals surface area contributed by atoms with Gasteiger partial charge in [0.1, 0.15) is 17.7 Å². The molecule has 2 saturated heterocycles. The van der Waals surface area contributed by atoms with Crippen LogP contribution in [0.3, 0.4) is 0 Å². The zero-order valence-corrected chi connectivity index (χ0v) is 21.3. The Balaban J connectivity index is 2.17. The lowest BCUT2D eigenvalue weighted by molar-refractivity contribution is -0.545. The van der Waals surface area contributed by atoms with Gasteiger partial charge in [0.05, 0.1) is 24.0 Å². The molecule has 0 saturated carbocycles. The molecule has 0 aromatic rings. The molecule has 188 valence electrons. The molecule has 5 atom stereocenters. The fraction of sp³-hybridized carbons (Fsp3) is 0.833. The Labute approximate surface area is 191 Å². The maximum atomic E-state index is 13.8. The van der Waals surface area contributed by atoms with Crippen molar-refractivity contribution in [1.29, 1.82) is 0 Å². The van der Waals surface area contributed by atoms with E-state index in [0.717, 1.165) is 10.8 Å². The molecule has 0 aromatic carbocycles. The molecule has 10 nitrogen and oxygen atoms in total. The third kappa shape index (κ3) is 4.38. The molecule has 1 N–H and O–H groups in total. The Kier molecular flexibility index (Phi) is 6.21. The third-order valence-electron chi connectivity index (χ3n) is 5.31. The number of urea groups is 1. The number of halogens is 3. The molecule has 2 unspecified atom stereocenters. The van der Waals surface area contributed by atoms with E-state index in [9.17, 15) is 36.3 Å². The van der Waals surface area contributed by atoms with E-state index in [0.29, 0.717) is 4.58 Å². The maximum Gasteiger partial charge on any atom is 0.500 e. The van der Waals surface area contributed by atoms with Gasteiger partial charge in [0, 0.05) is 0 Å². The summed E-state index contributed by atoms with van der Waals surface area (Å²) >= 11 is 0. The van der Waals surface area contributed by atoms with E-state index in [2.05, 4.69) is 0 Å². The summed E-state index contributed by atoms with van der Waals surface area (Å²) in [6, 6.07) is -1.04. The molecule has 0 aromatic heterocycles. The normalized spacial score (nSPS) is 34.0. The van der Waals surface area contributed by atoms with E-state index in [1.807, 2.05) is 0 Å². The van der Waals surface area contributed by atoms with Crippen LogP contribution >= 0.6 is 0 Å². The number of carbonyl (C=O) groups is 2. The smallest absolute Gasteiger partial charge is 0.373 e. The minimum Gasteiger partial charge on any atom is -0.373 e. The van der Waals surface area contributed by atoms with Gasteiger partial charge in [-0.2, -0.15) is 22.5 Å². The number of nitrogens with zero attached hydrogens (tertiary/aromatic N) is 2. The third-order valence-corrected chi connectivity index (χ3v) is 9.11. The number of imide groups is 1. The summed E-state index contributed by atoms with van der Waals surface area (Å²) in [5.41, 5.74) is -8.60. The van der Waals surface area contributed by atoms with E-state index in [1.165, 1.54) is 20.8 Å². The molecule has 4 aliphatic rings. The minimum atomic E-state index is -6.38. The highest BCUT2D eigenvalue weighted by molar-refractivity contribution is 7.93. The highest BCUT2D eigenvalue weighted by Crippen LogP contribution is 2.47. The van der Waals surface area contributed by atoms with E-state index < -0.39 is 83.7 Å². The standard InChI is InChI=1S/C18H28F3N2O8SSi/c1-15(2,3)29-8-9-11(31-16(4,5)6)17(26,32(27,28)18(19,20)21)13(30-9)22-7-10-12(24)23(33-10)14(22)25/h7,9-11,13,26H,8,33H2,1-6H3/q+1/t9-,10?,11-,13?,17-/m1/s1. The van der Waals surface area contributed by atoms with E-state index in [-0.39, 0.29) is 0 Å². The number of aliphatic hydroxyl groups is 1. The number of carbonyl (C=O) groups excluding carboxylic acids is 2. The second-order valence-corrected chi connectivity index (χ2v) is 14.2. The van der Waals surface area contributed by atoms with Crippen LogP contribution in [-0.2, 0) is 28.8 Å². The average Bonchev–Trinajstić information content (AvgIpc) is 2.90. The molecule has 2 bridgehead atoms. The molecular formula is C18H28F3N2O8SSi+. The topological polar surface area (TPSA) is 122 Å². The largest absolute Gasteiger partial charge is 0.500 e. The van der Waals surface area contributed by atoms with Crippen molar-refractivity contribution in [2.75, 3.05) is 6.61 Å².